The molecule has 0 spiro atoms. The van der Waals surface area contributed by atoms with Gasteiger partial charge >= 0.3 is 0 Å². The van der Waals surface area contributed by atoms with E-state index in [1.165, 1.54) is 0 Å². The summed E-state index contributed by atoms with van der Waals surface area (Å²) in [4.78, 5) is 28.1. The van der Waals surface area contributed by atoms with E-state index in [0.717, 1.165) is 41.5 Å². The van der Waals surface area contributed by atoms with E-state index in [-0.39, 0.29) is 5.56 Å². The van der Waals surface area contributed by atoms with E-state index in [1.54, 1.807) is 12.4 Å². The molecule has 2 N–H and O–H groups in total. The van der Waals surface area contributed by atoms with Crippen molar-refractivity contribution < 1.29 is 0 Å². The lowest BCUT2D eigenvalue weighted by Crippen LogP contribution is -2.24. The first-order valence-electron chi connectivity index (χ1n) is 6.89. The standard InChI is InChI=1S/C15H13N5O/c21-15-10-2-1-5-18-14(10)19-13(20-15)9-3-4-11-12(8-9)17-7-6-16-11/h3-4,6-8H,1-2,5H2,(H2,18,19,20,21). The minimum atomic E-state index is -0.0681. The van der Waals surface area contributed by atoms with Gasteiger partial charge < -0.3 is 10.3 Å². The normalized spacial score (nSPS) is 13.7. The number of fused-ring (bicyclic) bond motifs is 2. The fourth-order valence-electron chi connectivity index (χ4n) is 2.60. The first-order chi connectivity index (χ1) is 10.3. The minimum absolute atomic E-state index is 0.0681. The van der Waals surface area contributed by atoms with Crippen molar-refractivity contribution >= 4 is 16.9 Å². The topological polar surface area (TPSA) is 83.6 Å². The van der Waals surface area contributed by atoms with Gasteiger partial charge in [0.2, 0.25) is 0 Å². The van der Waals surface area contributed by atoms with Gasteiger partial charge in [-0.25, -0.2) is 4.98 Å². The number of benzene rings is 1. The number of rotatable bonds is 1. The number of aromatic nitrogens is 4. The fourth-order valence-corrected chi connectivity index (χ4v) is 2.60. The summed E-state index contributed by atoms with van der Waals surface area (Å²) in [6.45, 7) is 0.853. The van der Waals surface area contributed by atoms with Crippen molar-refractivity contribution in [1.29, 1.82) is 0 Å². The highest BCUT2D eigenvalue weighted by Gasteiger charge is 2.15. The maximum Gasteiger partial charge on any atom is 0.256 e. The summed E-state index contributed by atoms with van der Waals surface area (Å²) in [6.07, 6.45) is 5.04. The average Bonchev–Trinajstić information content (AvgIpc) is 2.54. The van der Waals surface area contributed by atoms with E-state index in [2.05, 4.69) is 25.3 Å². The van der Waals surface area contributed by atoms with Crippen LogP contribution in [0.1, 0.15) is 12.0 Å². The first-order valence-corrected chi connectivity index (χ1v) is 6.89. The summed E-state index contributed by atoms with van der Waals surface area (Å²) in [5.41, 5.74) is 3.10. The third-order valence-corrected chi connectivity index (χ3v) is 3.65. The molecule has 0 saturated heterocycles. The smallest absolute Gasteiger partial charge is 0.256 e. The molecule has 6 heteroatoms. The quantitative estimate of drug-likeness (QED) is 0.709. The highest BCUT2D eigenvalue weighted by Crippen LogP contribution is 2.22. The molecule has 0 bridgehead atoms. The maximum absolute atomic E-state index is 12.2. The molecule has 3 heterocycles. The minimum Gasteiger partial charge on any atom is -0.370 e. The van der Waals surface area contributed by atoms with Crippen LogP contribution >= 0.6 is 0 Å². The van der Waals surface area contributed by atoms with E-state index in [4.69, 9.17) is 0 Å². The second-order valence-electron chi connectivity index (χ2n) is 5.03. The van der Waals surface area contributed by atoms with Gasteiger partial charge in [0.25, 0.3) is 5.56 Å². The number of anilines is 1. The highest BCUT2D eigenvalue weighted by molar-refractivity contribution is 5.79. The number of aromatic amines is 1. The van der Waals surface area contributed by atoms with Crippen LogP contribution in [0.3, 0.4) is 0 Å². The lowest BCUT2D eigenvalue weighted by Gasteiger charge is -2.16. The largest absolute Gasteiger partial charge is 0.370 e. The summed E-state index contributed by atoms with van der Waals surface area (Å²) in [7, 11) is 0. The van der Waals surface area contributed by atoms with Gasteiger partial charge in [0.15, 0.2) is 0 Å². The lowest BCUT2D eigenvalue weighted by molar-refractivity contribution is 0.800. The van der Waals surface area contributed by atoms with Crippen molar-refractivity contribution in [3.8, 4) is 11.4 Å². The van der Waals surface area contributed by atoms with Crippen molar-refractivity contribution in [3.63, 3.8) is 0 Å². The number of hydrogen-bond acceptors (Lipinski definition) is 5. The van der Waals surface area contributed by atoms with Crippen LogP contribution < -0.4 is 10.9 Å². The van der Waals surface area contributed by atoms with Crippen LogP contribution in [-0.4, -0.2) is 26.5 Å². The van der Waals surface area contributed by atoms with E-state index >= 15 is 0 Å². The Morgan fingerprint density at radius 2 is 1.95 bits per heavy atom. The molecule has 0 aliphatic carbocycles. The summed E-state index contributed by atoms with van der Waals surface area (Å²) < 4.78 is 0. The Morgan fingerprint density at radius 3 is 2.86 bits per heavy atom. The van der Waals surface area contributed by atoms with E-state index < -0.39 is 0 Å². The number of nitrogens with zero attached hydrogens (tertiary/aromatic N) is 3. The molecule has 0 unspecified atom stereocenters. The Labute approximate surface area is 120 Å². The second kappa shape index (κ2) is 4.66. The van der Waals surface area contributed by atoms with Gasteiger partial charge in [-0.05, 0) is 31.0 Å². The van der Waals surface area contributed by atoms with Crippen LogP contribution in [0.4, 0.5) is 5.82 Å². The van der Waals surface area contributed by atoms with Gasteiger partial charge in [0.1, 0.15) is 11.6 Å². The van der Waals surface area contributed by atoms with Crippen LogP contribution in [-0.2, 0) is 6.42 Å². The summed E-state index contributed by atoms with van der Waals surface area (Å²) in [5.74, 6) is 1.25. The van der Waals surface area contributed by atoms with Gasteiger partial charge in [0, 0.05) is 24.5 Å². The third kappa shape index (κ3) is 2.05. The SMILES string of the molecule is O=c1[nH]c(-c2ccc3nccnc3c2)nc2c1CCCN2. The van der Waals surface area contributed by atoms with Crippen molar-refractivity contribution in [2.24, 2.45) is 0 Å². The van der Waals surface area contributed by atoms with Crippen LogP contribution in [0.5, 0.6) is 0 Å². The zero-order valence-corrected chi connectivity index (χ0v) is 11.3. The molecule has 1 aliphatic rings. The number of H-pyrrole nitrogens is 1. The Hall–Kier alpha value is -2.76. The molecule has 104 valence electrons. The predicted octanol–water partition coefficient (Wildman–Crippen LogP) is 1.74. The fraction of sp³-hybridized carbons (Fsp3) is 0.200. The Bertz CT molecular complexity index is 887. The molecular weight excluding hydrogens is 266 g/mol. The first kappa shape index (κ1) is 12.0. The number of hydrogen-bond donors (Lipinski definition) is 2. The molecule has 1 aromatic carbocycles. The molecule has 3 aromatic rings. The molecule has 6 nitrogen and oxygen atoms in total. The molecule has 0 atom stereocenters. The molecular formula is C15H13N5O. The molecule has 2 aromatic heterocycles. The molecule has 4 rings (SSSR count). The number of nitrogens with one attached hydrogen (secondary N) is 2. The highest BCUT2D eigenvalue weighted by atomic mass is 16.1. The van der Waals surface area contributed by atoms with Gasteiger partial charge in [-0.2, -0.15) is 0 Å². The van der Waals surface area contributed by atoms with Crippen molar-refractivity contribution in [3.05, 3.63) is 46.5 Å². The average molecular weight is 279 g/mol. The van der Waals surface area contributed by atoms with Crippen molar-refractivity contribution in [2.45, 2.75) is 12.8 Å². The van der Waals surface area contributed by atoms with Crippen LogP contribution in [0.2, 0.25) is 0 Å². The van der Waals surface area contributed by atoms with E-state index in [1.807, 2.05) is 18.2 Å². The summed E-state index contributed by atoms with van der Waals surface area (Å²) in [5, 5.41) is 3.19. The molecule has 1 aliphatic heterocycles. The molecule has 0 saturated carbocycles. The van der Waals surface area contributed by atoms with Crippen LogP contribution in [0.25, 0.3) is 22.4 Å². The zero-order chi connectivity index (χ0) is 14.2. The Balaban J connectivity index is 1.88. The molecule has 0 radical (unpaired) electrons. The lowest BCUT2D eigenvalue weighted by atomic mass is 10.1. The zero-order valence-electron chi connectivity index (χ0n) is 11.3. The molecule has 0 fully saturated rings. The third-order valence-electron chi connectivity index (χ3n) is 3.65. The maximum atomic E-state index is 12.2. The van der Waals surface area contributed by atoms with Crippen molar-refractivity contribution in [2.75, 3.05) is 11.9 Å². The van der Waals surface area contributed by atoms with Gasteiger partial charge in [0.05, 0.1) is 16.6 Å². The Morgan fingerprint density at radius 1 is 1.10 bits per heavy atom. The Kier molecular flexibility index (Phi) is 2.67. The van der Waals surface area contributed by atoms with E-state index in [0.29, 0.717) is 11.6 Å². The summed E-state index contributed by atoms with van der Waals surface area (Å²) in [6, 6.07) is 5.66. The van der Waals surface area contributed by atoms with Crippen LogP contribution in [0.15, 0.2) is 35.4 Å². The van der Waals surface area contributed by atoms with Gasteiger partial charge in [-0.1, -0.05) is 0 Å². The van der Waals surface area contributed by atoms with Gasteiger partial charge in [-0.3, -0.25) is 14.8 Å². The summed E-state index contributed by atoms with van der Waals surface area (Å²) >= 11 is 0. The predicted molar refractivity (Wildman–Crippen MR) is 80.2 cm³/mol. The van der Waals surface area contributed by atoms with Gasteiger partial charge in [-0.15, -0.1) is 0 Å². The molecule has 21 heavy (non-hydrogen) atoms. The molecule has 0 amide bonds. The van der Waals surface area contributed by atoms with E-state index in [9.17, 15) is 4.79 Å². The second-order valence-corrected chi connectivity index (χ2v) is 5.03. The van der Waals surface area contributed by atoms with Crippen molar-refractivity contribution in [1.82, 2.24) is 19.9 Å². The monoisotopic (exact) mass is 279 g/mol. The van der Waals surface area contributed by atoms with Crippen LogP contribution in [0, 0.1) is 0 Å².